The number of halogens is 4. The van der Waals surface area contributed by atoms with Gasteiger partial charge in [0.25, 0.3) is 0 Å². The van der Waals surface area contributed by atoms with Crippen molar-refractivity contribution in [3.8, 4) is 0 Å². The van der Waals surface area contributed by atoms with Gasteiger partial charge in [0, 0.05) is 26.2 Å². The lowest BCUT2D eigenvalue weighted by atomic mass is 10.2. The summed E-state index contributed by atoms with van der Waals surface area (Å²) in [6.45, 7) is 0.307. The van der Waals surface area contributed by atoms with E-state index < -0.39 is 33.3 Å². The molecule has 4 nitrogen and oxygen atoms in total. The minimum atomic E-state index is -3.80. The highest BCUT2D eigenvalue weighted by Crippen LogP contribution is 2.26. The lowest BCUT2D eigenvalue weighted by molar-refractivity contribution is 0.380. The van der Waals surface area contributed by atoms with Crippen molar-refractivity contribution in [3.05, 3.63) is 59.7 Å². The summed E-state index contributed by atoms with van der Waals surface area (Å²) in [5.41, 5.74) is -0.113. The van der Waals surface area contributed by atoms with Gasteiger partial charge < -0.3 is 4.90 Å². The van der Waals surface area contributed by atoms with E-state index in [2.05, 4.69) is 0 Å². The van der Waals surface area contributed by atoms with Gasteiger partial charge in [0.05, 0.1) is 10.6 Å². The normalized spacial score (nSPS) is 16.2. The first-order valence-corrected chi connectivity index (χ1v) is 8.89. The zero-order valence-corrected chi connectivity index (χ0v) is 13.7. The Morgan fingerprint density at radius 1 is 0.760 bits per heavy atom. The maximum Gasteiger partial charge on any atom is 0.243 e. The highest BCUT2D eigenvalue weighted by molar-refractivity contribution is 7.89. The number of sulfonamides is 1. The third-order valence-corrected chi connectivity index (χ3v) is 5.96. The predicted molar refractivity (Wildman–Crippen MR) is 83.7 cm³/mol. The van der Waals surface area contributed by atoms with E-state index in [0.717, 1.165) is 24.3 Å². The summed E-state index contributed by atoms with van der Waals surface area (Å²) < 4.78 is 79.4. The molecule has 0 N–H and O–H groups in total. The summed E-state index contributed by atoms with van der Waals surface area (Å²) in [5, 5.41) is 0. The molecule has 1 fully saturated rings. The summed E-state index contributed by atoms with van der Waals surface area (Å²) in [7, 11) is -3.80. The maximum atomic E-state index is 13.9. The van der Waals surface area contributed by atoms with Gasteiger partial charge in [-0.3, -0.25) is 0 Å². The molecule has 2 aromatic rings. The van der Waals surface area contributed by atoms with Crippen LogP contribution in [0.3, 0.4) is 0 Å². The van der Waals surface area contributed by atoms with E-state index in [1.54, 1.807) is 0 Å². The molecular formula is C16H14F4N2O2S. The minimum absolute atomic E-state index is 0.0398. The lowest BCUT2D eigenvalue weighted by Crippen LogP contribution is -2.49. The zero-order valence-electron chi connectivity index (χ0n) is 12.9. The van der Waals surface area contributed by atoms with Crippen molar-refractivity contribution in [2.45, 2.75) is 4.90 Å². The standard InChI is InChI=1S/C16H14F4N2O2S/c17-11-1-3-12(4-2-11)25(23,24)22-9-7-21(8-10-22)14-6-5-13(18)15(19)16(14)20/h1-6H,7-10H2. The molecule has 9 heteroatoms. The van der Waals surface area contributed by atoms with Gasteiger partial charge in [-0.25, -0.2) is 26.0 Å². The Labute approximate surface area is 142 Å². The molecule has 2 aromatic carbocycles. The Bertz CT molecular complexity index is 880. The first-order valence-electron chi connectivity index (χ1n) is 7.45. The van der Waals surface area contributed by atoms with Crippen LogP contribution in [0.2, 0.25) is 0 Å². The van der Waals surface area contributed by atoms with Crippen LogP contribution in [0.25, 0.3) is 0 Å². The van der Waals surface area contributed by atoms with Crippen molar-refractivity contribution in [1.29, 1.82) is 0 Å². The molecule has 0 saturated carbocycles. The van der Waals surface area contributed by atoms with Crippen molar-refractivity contribution in [2.75, 3.05) is 31.1 Å². The number of rotatable bonds is 3. The van der Waals surface area contributed by atoms with Crippen molar-refractivity contribution >= 4 is 15.7 Å². The number of nitrogens with zero attached hydrogens (tertiary/aromatic N) is 2. The molecule has 0 bridgehead atoms. The molecule has 1 aliphatic rings. The van der Waals surface area contributed by atoms with Gasteiger partial charge in [0.2, 0.25) is 10.0 Å². The maximum absolute atomic E-state index is 13.9. The van der Waals surface area contributed by atoms with Crippen molar-refractivity contribution < 1.29 is 26.0 Å². The fraction of sp³-hybridized carbons (Fsp3) is 0.250. The minimum Gasteiger partial charge on any atom is -0.366 e. The van der Waals surface area contributed by atoms with Gasteiger partial charge >= 0.3 is 0 Å². The largest absolute Gasteiger partial charge is 0.366 e. The quantitative estimate of drug-likeness (QED) is 0.613. The smallest absolute Gasteiger partial charge is 0.243 e. The molecular weight excluding hydrogens is 360 g/mol. The first kappa shape index (κ1) is 17.7. The summed E-state index contributed by atoms with van der Waals surface area (Å²) in [6.07, 6.45) is 0. The van der Waals surface area contributed by atoms with E-state index in [9.17, 15) is 26.0 Å². The Balaban J connectivity index is 1.76. The molecule has 1 saturated heterocycles. The number of hydrogen-bond acceptors (Lipinski definition) is 3. The molecule has 0 unspecified atom stereocenters. The van der Waals surface area contributed by atoms with E-state index in [4.69, 9.17) is 0 Å². The first-order chi connectivity index (χ1) is 11.8. The van der Waals surface area contributed by atoms with Crippen LogP contribution in [0, 0.1) is 23.3 Å². The molecule has 1 aliphatic heterocycles. The van der Waals surface area contributed by atoms with Gasteiger partial charge in [-0.15, -0.1) is 0 Å². The monoisotopic (exact) mass is 374 g/mol. The average Bonchev–Trinajstić information content (AvgIpc) is 2.60. The molecule has 0 aromatic heterocycles. The van der Waals surface area contributed by atoms with Gasteiger partial charge in [-0.2, -0.15) is 4.31 Å². The highest BCUT2D eigenvalue weighted by Gasteiger charge is 2.30. The van der Waals surface area contributed by atoms with Crippen LogP contribution in [-0.2, 0) is 10.0 Å². The van der Waals surface area contributed by atoms with Crippen LogP contribution in [0.4, 0.5) is 23.2 Å². The fourth-order valence-corrected chi connectivity index (χ4v) is 4.11. The molecule has 25 heavy (non-hydrogen) atoms. The van der Waals surface area contributed by atoms with Gasteiger partial charge in [-0.05, 0) is 36.4 Å². The van der Waals surface area contributed by atoms with Crippen LogP contribution in [0.1, 0.15) is 0 Å². The number of anilines is 1. The molecule has 0 radical (unpaired) electrons. The van der Waals surface area contributed by atoms with Gasteiger partial charge in [-0.1, -0.05) is 0 Å². The van der Waals surface area contributed by atoms with Crippen molar-refractivity contribution in [2.24, 2.45) is 0 Å². The Kier molecular flexibility index (Phi) is 4.70. The SMILES string of the molecule is O=S(=O)(c1ccc(F)cc1)N1CCN(c2ccc(F)c(F)c2F)CC1. The number of piperazine rings is 1. The molecule has 0 atom stereocenters. The predicted octanol–water partition coefficient (Wildman–Crippen LogP) is 2.75. The molecule has 3 rings (SSSR count). The third-order valence-electron chi connectivity index (χ3n) is 4.05. The van der Waals surface area contributed by atoms with Crippen molar-refractivity contribution in [1.82, 2.24) is 4.31 Å². The Morgan fingerprint density at radius 3 is 1.96 bits per heavy atom. The topological polar surface area (TPSA) is 40.6 Å². The van der Waals surface area contributed by atoms with Gasteiger partial charge in [0.15, 0.2) is 17.5 Å². The molecule has 0 amide bonds. The van der Waals surface area contributed by atoms with Gasteiger partial charge in [0.1, 0.15) is 5.82 Å². The third kappa shape index (κ3) is 3.34. The van der Waals surface area contributed by atoms with Crippen LogP contribution < -0.4 is 4.90 Å². The second kappa shape index (κ2) is 6.64. The average molecular weight is 374 g/mol. The number of hydrogen-bond donors (Lipinski definition) is 0. The van der Waals surface area contributed by atoms with E-state index in [-0.39, 0.29) is 36.8 Å². The van der Waals surface area contributed by atoms with Crippen LogP contribution in [0.15, 0.2) is 41.3 Å². The second-order valence-corrected chi connectivity index (χ2v) is 7.48. The molecule has 1 heterocycles. The molecule has 134 valence electrons. The van der Waals surface area contributed by atoms with E-state index in [0.29, 0.717) is 0 Å². The zero-order chi connectivity index (χ0) is 18.2. The summed E-state index contributed by atoms with van der Waals surface area (Å²) in [5.74, 6) is -4.68. The Morgan fingerprint density at radius 2 is 1.36 bits per heavy atom. The molecule has 0 spiro atoms. The molecule has 0 aliphatic carbocycles. The Hall–Kier alpha value is -2.13. The van der Waals surface area contributed by atoms with E-state index >= 15 is 0 Å². The highest BCUT2D eigenvalue weighted by atomic mass is 32.2. The lowest BCUT2D eigenvalue weighted by Gasteiger charge is -2.35. The fourth-order valence-electron chi connectivity index (χ4n) is 2.68. The summed E-state index contributed by atoms with van der Waals surface area (Å²) >= 11 is 0. The number of benzene rings is 2. The van der Waals surface area contributed by atoms with E-state index in [1.165, 1.54) is 21.3 Å². The summed E-state index contributed by atoms with van der Waals surface area (Å²) in [6, 6.07) is 6.41. The summed E-state index contributed by atoms with van der Waals surface area (Å²) in [4.78, 5) is 1.41. The van der Waals surface area contributed by atoms with Crippen LogP contribution in [0.5, 0.6) is 0 Å². The van der Waals surface area contributed by atoms with Crippen LogP contribution >= 0.6 is 0 Å². The second-order valence-electron chi connectivity index (χ2n) is 5.54. The van der Waals surface area contributed by atoms with Crippen molar-refractivity contribution in [3.63, 3.8) is 0 Å². The van der Waals surface area contributed by atoms with Crippen LogP contribution in [-0.4, -0.2) is 38.9 Å². The van der Waals surface area contributed by atoms with E-state index in [1.807, 2.05) is 0 Å².